The van der Waals surface area contributed by atoms with Crippen LogP contribution in [0.1, 0.15) is 51.5 Å². The average molecular weight is 236 g/mol. The maximum atomic E-state index is 6.26. The zero-order valence-electron chi connectivity index (χ0n) is 11.1. The molecule has 1 aliphatic rings. The summed E-state index contributed by atoms with van der Waals surface area (Å²) < 4.78 is 2.25. The third-order valence-corrected chi connectivity index (χ3v) is 3.58. The summed E-state index contributed by atoms with van der Waals surface area (Å²) >= 11 is 0. The van der Waals surface area contributed by atoms with E-state index in [1.54, 1.807) is 0 Å². The fourth-order valence-electron chi connectivity index (χ4n) is 2.77. The van der Waals surface area contributed by atoms with Gasteiger partial charge >= 0.3 is 0 Å². The van der Waals surface area contributed by atoms with E-state index in [2.05, 4.69) is 41.4 Å². The zero-order chi connectivity index (χ0) is 12.4. The SMILES string of the molecule is CCCN1CC[C@@H](N)[C@@H]1c1nccn1C(C)C. The quantitative estimate of drug-likeness (QED) is 0.869. The van der Waals surface area contributed by atoms with E-state index in [0.717, 1.165) is 25.3 Å². The Morgan fingerprint density at radius 2 is 2.29 bits per heavy atom. The second kappa shape index (κ2) is 5.19. The zero-order valence-corrected chi connectivity index (χ0v) is 11.1. The summed E-state index contributed by atoms with van der Waals surface area (Å²) in [4.78, 5) is 7.02. The molecule has 0 aromatic carbocycles. The number of aromatic nitrogens is 2. The van der Waals surface area contributed by atoms with E-state index >= 15 is 0 Å². The first-order chi connectivity index (χ1) is 8.15. The van der Waals surface area contributed by atoms with Crippen LogP contribution in [0.15, 0.2) is 12.4 Å². The van der Waals surface area contributed by atoms with Gasteiger partial charge in [0.2, 0.25) is 0 Å². The number of hydrogen-bond acceptors (Lipinski definition) is 3. The van der Waals surface area contributed by atoms with Crippen molar-refractivity contribution in [2.24, 2.45) is 5.73 Å². The second-order valence-corrected chi connectivity index (χ2v) is 5.22. The van der Waals surface area contributed by atoms with Crippen LogP contribution < -0.4 is 5.73 Å². The van der Waals surface area contributed by atoms with Gasteiger partial charge in [0.25, 0.3) is 0 Å². The van der Waals surface area contributed by atoms with E-state index in [1.165, 1.54) is 6.42 Å². The van der Waals surface area contributed by atoms with Crippen LogP contribution in [0.3, 0.4) is 0 Å². The predicted octanol–water partition coefficient (Wildman–Crippen LogP) is 1.95. The van der Waals surface area contributed by atoms with E-state index in [-0.39, 0.29) is 6.04 Å². The van der Waals surface area contributed by atoms with Crippen molar-refractivity contribution in [3.63, 3.8) is 0 Å². The molecule has 1 aromatic heterocycles. The van der Waals surface area contributed by atoms with Gasteiger partial charge in [-0.3, -0.25) is 4.90 Å². The molecule has 0 aliphatic carbocycles. The highest BCUT2D eigenvalue weighted by atomic mass is 15.3. The molecule has 2 rings (SSSR count). The minimum absolute atomic E-state index is 0.224. The molecule has 1 aliphatic heterocycles. The number of imidazole rings is 1. The molecule has 0 radical (unpaired) electrons. The first-order valence-corrected chi connectivity index (χ1v) is 6.67. The first kappa shape index (κ1) is 12.6. The van der Waals surface area contributed by atoms with Crippen LogP contribution in [0.4, 0.5) is 0 Å². The van der Waals surface area contributed by atoms with Crippen molar-refractivity contribution in [3.8, 4) is 0 Å². The fraction of sp³-hybridized carbons (Fsp3) is 0.769. The first-order valence-electron chi connectivity index (χ1n) is 6.67. The van der Waals surface area contributed by atoms with Gasteiger partial charge in [0.05, 0.1) is 6.04 Å². The Morgan fingerprint density at radius 3 is 2.94 bits per heavy atom. The number of hydrogen-bond donors (Lipinski definition) is 1. The summed E-state index contributed by atoms with van der Waals surface area (Å²) in [5, 5.41) is 0. The van der Waals surface area contributed by atoms with Gasteiger partial charge in [-0.05, 0) is 33.2 Å². The molecule has 96 valence electrons. The maximum Gasteiger partial charge on any atom is 0.127 e. The van der Waals surface area contributed by atoms with Gasteiger partial charge in [0.15, 0.2) is 0 Å². The molecule has 2 N–H and O–H groups in total. The Labute approximate surface area is 104 Å². The molecule has 17 heavy (non-hydrogen) atoms. The van der Waals surface area contributed by atoms with Gasteiger partial charge in [0.1, 0.15) is 5.82 Å². The lowest BCUT2D eigenvalue weighted by Gasteiger charge is -2.27. The van der Waals surface area contributed by atoms with Crippen LogP contribution >= 0.6 is 0 Å². The Morgan fingerprint density at radius 1 is 1.53 bits per heavy atom. The molecule has 4 heteroatoms. The van der Waals surface area contributed by atoms with Crippen molar-refractivity contribution in [3.05, 3.63) is 18.2 Å². The molecule has 0 spiro atoms. The Balaban J connectivity index is 2.26. The van der Waals surface area contributed by atoms with Gasteiger partial charge < -0.3 is 10.3 Å². The molecular weight excluding hydrogens is 212 g/mol. The molecule has 1 fully saturated rings. The van der Waals surface area contributed by atoms with Crippen molar-refractivity contribution < 1.29 is 0 Å². The molecule has 0 saturated carbocycles. The van der Waals surface area contributed by atoms with Gasteiger partial charge in [-0.1, -0.05) is 6.92 Å². The van der Waals surface area contributed by atoms with E-state index in [4.69, 9.17) is 5.73 Å². The van der Waals surface area contributed by atoms with Crippen molar-refractivity contribution >= 4 is 0 Å². The predicted molar refractivity (Wildman–Crippen MR) is 69.8 cm³/mol. The molecule has 1 saturated heterocycles. The number of nitrogens with zero attached hydrogens (tertiary/aromatic N) is 3. The highest BCUT2D eigenvalue weighted by molar-refractivity contribution is 5.08. The van der Waals surface area contributed by atoms with Gasteiger partial charge in [0, 0.05) is 31.0 Å². The van der Waals surface area contributed by atoms with Crippen molar-refractivity contribution in [2.75, 3.05) is 13.1 Å². The number of nitrogens with two attached hydrogens (primary N) is 1. The standard InChI is InChI=1S/C13H24N4/c1-4-7-16-8-5-11(14)12(16)13-15-6-9-17(13)10(2)3/h6,9-12H,4-5,7-8,14H2,1-3H3/t11-,12-/m1/s1. The lowest BCUT2D eigenvalue weighted by Crippen LogP contribution is -2.34. The van der Waals surface area contributed by atoms with E-state index < -0.39 is 0 Å². The fourth-order valence-corrected chi connectivity index (χ4v) is 2.77. The van der Waals surface area contributed by atoms with Crippen LogP contribution in [0, 0.1) is 0 Å². The van der Waals surface area contributed by atoms with Gasteiger partial charge in [-0.2, -0.15) is 0 Å². The van der Waals surface area contributed by atoms with E-state index in [9.17, 15) is 0 Å². The highest BCUT2D eigenvalue weighted by Gasteiger charge is 2.35. The molecule has 0 bridgehead atoms. The molecule has 1 aromatic rings. The van der Waals surface area contributed by atoms with Crippen molar-refractivity contribution in [2.45, 2.75) is 51.7 Å². The third-order valence-electron chi connectivity index (χ3n) is 3.58. The number of likely N-dealkylation sites (tertiary alicyclic amines) is 1. The minimum atomic E-state index is 0.224. The highest BCUT2D eigenvalue weighted by Crippen LogP contribution is 2.31. The Hall–Kier alpha value is -0.870. The molecule has 0 unspecified atom stereocenters. The van der Waals surface area contributed by atoms with Crippen LogP contribution in [0.25, 0.3) is 0 Å². The largest absolute Gasteiger partial charge is 0.331 e. The molecule has 2 atom stereocenters. The summed E-state index contributed by atoms with van der Waals surface area (Å²) in [7, 11) is 0. The average Bonchev–Trinajstić information content (AvgIpc) is 2.85. The Bertz CT molecular complexity index is 356. The molecule has 2 heterocycles. The van der Waals surface area contributed by atoms with Crippen LogP contribution in [-0.4, -0.2) is 33.6 Å². The van der Waals surface area contributed by atoms with E-state index in [1.807, 2.05) is 6.20 Å². The maximum absolute atomic E-state index is 6.26. The molecule has 0 amide bonds. The normalized spacial score (nSPS) is 25.9. The summed E-state index contributed by atoms with van der Waals surface area (Å²) in [5.41, 5.74) is 6.26. The summed E-state index contributed by atoms with van der Waals surface area (Å²) in [6.07, 6.45) is 6.21. The summed E-state index contributed by atoms with van der Waals surface area (Å²) in [6, 6.07) is 0.970. The summed E-state index contributed by atoms with van der Waals surface area (Å²) in [6.45, 7) is 8.81. The van der Waals surface area contributed by atoms with Gasteiger partial charge in [-0.15, -0.1) is 0 Å². The second-order valence-electron chi connectivity index (χ2n) is 5.22. The topological polar surface area (TPSA) is 47.1 Å². The van der Waals surface area contributed by atoms with Gasteiger partial charge in [-0.25, -0.2) is 4.98 Å². The van der Waals surface area contributed by atoms with Crippen LogP contribution in [-0.2, 0) is 0 Å². The minimum Gasteiger partial charge on any atom is -0.331 e. The van der Waals surface area contributed by atoms with Crippen LogP contribution in [0.2, 0.25) is 0 Å². The van der Waals surface area contributed by atoms with Crippen LogP contribution in [0.5, 0.6) is 0 Å². The molecular formula is C13H24N4. The van der Waals surface area contributed by atoms with Crippen molar-refractivity contribution in [1.29, 1.82) is 0 Å². The summed E-state index contributed by atoms with van der Waals surface area (Å²) in [5.74, 6) is 1.14. The smallest absolute Gasteiger partial charge is 0.127 e. The third kappa shape index (κ3) is 2.38. The lowest BCUT2D eigenvalue weighted by atomic mass is 10.1. The van der Waals surface area contributed by atoms with Crippen molar-refractivity contribution in [1.82, 2.24) is 14.5 Å². The molecule has 4 nitrogen and oxygen atoms in total. The Kier molecular flexibility index (Phi) is 3.84. The number of rotatable bonds is 4. The van der Waals surface area contributed by atoms with E-state index in [0.29, 0.717) is 12.1 Å². The lowest BCUT2D eigenvalue weighted by molar-refractivity contribution is 0.232. The monoisotopic (exact) mass is 236 g/mol.